The van der Waals surface area contributed by atoms with Gasteiger partial charge in [0.15, 0.2) is 0 Å². The van der Waals surface area contributed by atoms with Crippen LogP contribution in [0.4, 0.5) is 0 Å². The van der Waals surface area contributed by atoms with Gasteiger partial charge in [0.2, 0.25) is 0 Å². The molecule has 2 rings (SSSR count). The van der Waals surface area contributed by atoms with Gasteiger partial charge >= 0.3 is 0 Å². The summed E-state index contributed by atoms with van der Waals surface area (Å²) in [7, 11) is 1.69. The average molecular weight is 252 g/mol. The molecule has 17 heavy (non-hydrogen) atoms. The first kappa shape index (κ1) is 12.5. The van der Waals surface area contributed by atoms with Crippen LogP contribution in [0.2, 0.25) is 0 Å². The molecule has 1 aromatic rings. The highest BCUT2D eigenvalue weighted by Gasteiger charge is 2.25. The zero-order chi connectivity index (χ0) is 12.3. The molecular formula is C14H18ClNO. The predicted octanol–water partition coefficient (Wildman–Crippen LogP) is 3.58. The maximum absolute atomic E-state index is 5.90. The van der Waals surface area contributed by atoms with E-state index in [1.54, 1.807) is 7.11 Å². The summed E-state index contributed by atoms with van der Waals surface area (Å²) in [5.41, 5.74) is 1.33. The van der Waals surface area contributed by atoms with Gasteiger partial charge < -0.3 is 4.74 Å². The molecule has 0 aromatic heterocycles. The summed E-state index contributed by atoms with van der Waals surface area (Å²) < 4.78 is 5.17. The molecule has 1 aliphatic rings. The van der Waals surface area contributed by atoms with Crippen molar-refractivity contribution in [1.82, 2.24) is 4.90 Å². The Bertz CT molecular complexity index is 388. The highest BCUT2D eigenvalue weighted by Crippen LogP contribution is 2.33. The van der Waals surface area contributed by atoms with E-state index < -0.39 is 0 Å². The summed E-state index contributed by atoms with van der Waals surface area (Å²) >= 11 is 5.90. The largest absolute Gasteiger partial charge is 0.497 e. The molecule has 0 amide bonds. The Morgan fingerprint density at radius 3 is 2.76 bits per heavy atom. The normalized spacial score (nSPS) is 20.5. The Morgan fingerprint density at radius 1 is 1.47 bits per heavy atom. The lowest BCUT2D eigenvalue weighted by Gasteiger charge is -2.24. The van der Waals surface area contributed by atoms with E-state index in [4.69, 9.17) is 16.3 Å². The first-order valence-electron chi connectivity index (χ1n) is 5.92. The fraction of sp³-hybridized carbons (Fsp3) is 0.429. The number of ether oxygens (including phenoxy) is 1. The summed E-state index contributed by atoms with van der Waals surface area (Å²) in [6.07, 6.45) is 2.41. The van der Waals surface area contributed by atoms with Gasteiger partial charge in [0.05, 0.1) is 7.11 Å². The number of methoxy groups -OCH3 is 1. The Hall–Kier alpha value is -0.990. The van der Waals surface area contributed by atoms with Crippen LogP contribution in [0, 0.1) is 0 Å². The molecule has 1 heterocycles. The third-order valence-corrected chi connectivity index (χ3v) is 3.36. The Labute approximate surface area is 108 Å². The molecular weight excluding hydrogens is 234 g/mol. The minimum absolute atomic E-state index is 0.469. The van der Waals surface area contributed by atoms with E-state index in [1.807, 2.05) is 12.1 Å². The van der Waals surface area contributed by atoms with Crippen molar-refractivity contribution < 1.29 is 4.74 Å². The van der Waals surface area contributed by atoms with Crippen molar-refractivity contribution in [2.75, 3.05) is 20.2 Å². The van der Waals surface area contributed by atoms with Crippen molar-refractivity contribution in [2.24, 2.45) is 0 Å². The SMILES string of the molecule is C=C(Cl)CN1CCCC1c1ccc(OC)cc1. The molecule has 1 atom stereocenters. The van der Waals surface area contributed by atoms with Crippen molar-refractivity contribution in [1.29, 1.82) is 0 Å². The molecule has 0 bridgehead atoms. The zero-order valence-electron chi connectivity index (χ0n) is 10.2. The second-order valence-corrected chi connectivity index (χ2v) is 4.95. The van der Waals surface area contributed by atoms with Crippen LogP contribution in [0.1, 0.15) is 24.4 Å². The maximum Gasteiger partial charge on any atom is 0.118 e. The average Bonchev–Trinajstić information content (AvgIpc) is 2.76. The highest BCUT2D eigenvalue weighted by molar-refractivity contribution is 6.29. The van der Waals surface area contributed by atoms with E-state index in [2.05, 4.69) is 23.6 Å². The third kappa shape index (κ3) is 3.02. The minimum Gasteiger partial charge on any atom is -0.497 e. The molecule has 0 spiro atoms. The van der Waals surface area contributed by atoms with Gasteiger partial charge in [-0.2, -0.15) is 0 Å². The Kier molecular flexibility index (Phi) is 4.08. The van der Waals surface area contributed by atoms with Gasteiger partial charge in [-0.3, -0.25) is 4.90 Å². The molecule has 1 aliphatic heterocycles. The smallest absolute Gasteiger partial charge is 0.118 e. The fourth-order valence-corrected chi connectivity index (χ4v) is 2.59. The van der Waals surface area contributed by atoms with Gasteiger partial charge in [-0.25, -0.2) is 0 Å². The molecule has 0 N–H and O–H groups in total. The van der Waals surface area contributed by atoms with Crippen molar-refractivity contribution in [2.45, 2.75) is 18.9 Å². The summed E-state index contributed by atoms with van der Waals surface area (Å²) in [6, 6.07) is 8.77. The molecule has 0 radical (unpaired) electrons. The van der Waals surface area contributed by atoms with Crippen LogP contribution in [0.3, 0.4) is 0 Å². The number of halogens is 1. The maximum atomic E-state index is 5.90. The van der Waals surface area contributed by atoms with E-state index in [1.165, 1.54) is 18.4 Å². The molecule has 1 unspecified atom stereocenters. The molecule has 1 saturated heterocycles. The van der Waals surface area contributed by atoms with Crippen LogP contribution in [0.25, 0.3) is 0 Å². The summed E-state index contributed by atoms with van der Waals surface area (Å²) in [4.78, 5) is 2.39. The molecule has 92 valence electrons. The summed E-state index contributed by atoms with van der Waals surface area (Å²) in [5.74, 6) is 0.903. The van der Waals surface area contributed by atoms with Crippen molar-refractivity contribution in [3.05, 3.63) is 41.4 Å². The minimum atomic E-state index is 0.469. The van der Waals surface area contributed by atoms with Gasteiger partial charge in [0.25, 0.3) is 0 Å². The van der Waals surface area contributed by atoms with Gasteiger partial charge in [0, 0.05) is 17.6 Å². The monoisotopic (exact) mass is 251 g/mol. The quantitative estimate of drug-likeness (QED) is 0.811. The van der Waals surface area contributed by atoms with E-state index in [9.17, 15) is 0 Å². The number of nitrogens with zero attached hydrogens (tertiary/aromatic N) is 1. The molecule has 0 aliphatic carbocycles. The predicted molar refractivity (Wildman–Crippen MR) is 71.5 cm³/mol. The van der Waals surface area contributed by atoms with Crippen molar-refractivity contribution in [3.8, 4) is 5.75 Å². The lowest BCUT2D eigenvalue weighted by Crippen LogP contribution is -2.24. The molecule has 3 heteroatoms. The van der Waals surface area contributed by atoms with Crippen LogP contribution >= 0.6 is 11.6 Å². The second kappa shape index (κ2) is 5.56. The molecule has 2 nitrogen and oxygen atoms in total. The van der Waals surface area contributed by atoms with Crippen LogP contribution in [-0.2, 0) is 0 Å². The van der Waals surface area contributed by atoms with Crippen LogP contribution in [0.15, 0.2) is 35.9 Å². The summed E-state index contributed by atoms with van der Waals surface area (Å²) in [6.45, 7) is 5.65. The standard InChI is InChI=1S/C14H18ClNO/c1-11(15)10-16-9-3-4-14(16)12-5-7-13(17-2)8-6-12/h5-8,14H,1,3-4,9-10H2,2H3. The van der Waals surface area contributed by atoms with Gasteiger partial charge in [-0.05, 0) is 37.1 Å². The van der Waals surface area contributed by atoms with Gasteiger partial charge in [0.1, 0.15) is 5.75 Å². The lowest BCUT2D eigenvalue weighted by atomic mass is 10.0. The Morgan fingerprint density at radius 2 is 2.18 bits per heavy atom. The third-order valence-electron chi connectivity index (χ3n) is 3.24. The highest BCUT2D eigenvalue weighted by atomic mass is 35.5. The first-order valence-corrected chi connectivity index (χ1v) is 6.30. The van der Waals surface area contributed by atoms with E-state index in [-0.39, 0.29) is 0 Å². The van der Waals surface area contributed by atoms with E-state index >= 15 is 0 Å². The molecule has 1 fully saturated rings. The summed E-state index contributed by atoms with van der Waals surface area (Å²) in [5, 5.41) is 0.713. The number of benzene rings is 1. The Balaban J connectivity index is 2.11. The fourth-order valence-electron chi connectivity index (χ4n) is 2.44. The van der Waals surface area contributed by atoms with E-state index in [0.717, 1.165) is 18.8 Å². The van der Waals surface area contributed by atoms with Crippen LogP contribution < -0.4 is 4.74 Å². The zero-order valence-corrected chi connectivity index (χ0v) is 10.9. The van der Waals surface area contributed by atoms with Gasteiger partial charge in [-0.1, -0.05) is 30.3 Å². The number of hydrogen-bond acceptors (Lipinski definition) is 2. The topological polar surface area (TPSA) is 12.5 Å². The lowest BCUT2D eigenvalue weighted by molar-refractivity contribution is 0.283. The van der Waals surface area contributed by atoms with Gasteiger partial charge in [-0.15, -0.1) is 0 Å². The van der Waals surface area contributed by atoms with Crippen LogP contribution in [0.5, 0.6) is 5.75 Å². The molecule has 0 saturated carbocycles. The van der Waals surface area contributed by atoms with Crippen molar-refractivity contribution >= 4 is 11.6 Å². The first-order chi connectivity index (χ1) is 8.20. The van der Waals surface area contributed by atoms with Crippen molar-refractivity contribution in [3.63, 3.8) is 0 Å². The van der Waals surface area contributed by atoms with Crippen LogP contribution in [-0.4, -0.2) is 25.1 Å². The molecule has 1 aromatic carbocycles. The number of likely N-dealkylation sites (tertiary alicyclic amines) is 1. The number of rotatable bonds is 4. The second-order valence-electron chi connectivity index (χ2n) is 4.42. The van der Waals surface area contributed by atoms with E-state index in [0.29, 0.717) is 11.1 Å². The number of hydrogen-bond donors (Lipinski definition) is 0.